The van der Waals surface area contributed by atoms with Gasteiger partial charge in [-0.25, -0.2) is 4.79 Å². The molecule has 5 heteroatoms. The molecule has 5 rings (SSSR count). The van der Waals surface area contributed by atoms with Crippen molar-refractivity contribution in [3.8, 4) is 16.9 Å². The predicted molar refractivity (Wildman–Crippen MR) is 164 cm³/mol. The van der Waals surface area contributed by atoms with E-state index >= 15 is 0 Å². The molecule has 0 atom stereocenters. The Bertz CT molecular complexity index is 1290. The molecule has 4 aromatic rings. The number of anilines is 1. The van der Waals surface area contributed by atoms with Crippen molar-refractivity contribution in [2.45, 2.75) is 45.8 Å². The monoisotopic (exact) mass is 536 g/mol. The van der Waals surface area contributed by atoms with Crippen molar-refractivity contribution in [3.05, 3.63) is 120 Å². The molecular formula is C35H40N2O3. The van der Waals surface area contributed by atoms with Gasteiger partial charge in [-0.15, -0.1) is 0 Å². The van der Waals surface area contributed by atoms with E-state index in [4.69, 9.17) is 9.47 Å². The van der Waals surface area contributed by atoms with E-state index < -0.39 is 0 Å². The number of hydrogen-bond acceptors (Lipinski definition) is 4. The van der Waals surface area contributed by atoms with E-state index in [-0.39, 0.29) is 12.2 Å². The zero-order valence-corrected chi connectivity index (χ0v) is 23.6. The second-order valence-electron chi connectivity index (χ2n) is 9.65. The highest BCUT2D eigenvalue weighted by atomic mass is 16.6. The summed E-state index contributed by atoms with van der Waals surface area (Å²) in [7, 11) is 0. The third kappa shape index (κ3) is 8.72. The number of benzene rings is 4. The van der Waals surface area contributed by atoms with E-state index in [1.54, 1.807) is 0 Å². The summed E-state index contributed by atoms with van der Waals surface area (Å²) in [5, 5.41) is 2.95. The summed E-state index contributed by atoms with van der Waals surface area (Å²) >= 11 is 0. The van der Waals surface area contributed by atoms with Crippen LogP contribution in [0.4, 0.5) is 10.5 Å². The topological polar surface area (TPSA) is 50.8 Å². The molecule has 1 heterocycles. The molecule has 4 aromatic carbocycles. The molecule has 5 nitrogen and oxygen atoms in total. The van der Waals surface area contributed by atoms with Crippen LogP contribution in [0, 0.1) is 0 Å². The third-order valence-electron chi connectivity index (χ3n) is 6.95. The summed E-state index contributed by atoms with van der Waals surface area (Å²) in [5.41, 5.74) is 5.27. The first-order valence-corrected chi connectivity index (χ1v) is 14.3. The van der Waals surface area contributed by atoms with Crippen LogP contribution in [0.5, 0.6) is 5.75 Å². The van der Waals surface area contributed by atoms with Crippen molar-refractivity contribution < 1.29 is 14.3 Å². The lowest BCUT2D eigenvalue weighted by Crippen LogP contribution is -2.39. The lowest BCUT2D eigenvalue weighted by Gasteiger charge is -2.31. The van der Waals surface area contributed by atoms with Gasteiger partial charge in [-0.3, -0.25) is 5.32 Å². The summed E-state index contributed by atoms with van der Waals surface area (Å²) < 4.78 is 11.7. The summed E-state index contributed by atoms with van der Waals surface area (Å²) in [6.45, 7) is 7.43. The number of nitrogens with zero attached hydrogens (tertiary/aromatic N) is 1. The van der Waals surface area contributed by atoms with Crippen LogP contribution in [-0.2, 0) is 17.8 Å². The molecule has 1 aliphatic heterocycles. The van der Waals surface area contributed by atoms with Crippen molar-refractivity contribution in [2.24, 2.45) is 0 Å². The molecule has 0 spiro atoms. The molecule has 1 N–H and O–H groups in total. The van der Waals surface area contributed by atoms with Gasteiger partial charge in [-0.1, -0.05) is 105 Å². The average molecular weight is 537 g/mol. The minimum atomic E-state index is -0.388. The number of hydrogen-bond donors (Lipinski definition) is 1. The zero-order chi connectivity index (χ0) is 28.0. The van der Waals surface area contributed by atoms with Gasteiger partial charge in [0.1, 0.15) is 18.5 Å². The Kier molecular flexibility index (Phi) is 11.2. The SMILES string of the molecule is CC.O=C(Nc1ccccc1-c1ccccc1)OC1CCN(CCc2ccc(OCc3ccccc3)cc2)CC1. The van der Waals surface area contributed by atoms with Gasteiger partial charge in [0.25, 0.3) is 0 Å². The van der Waals surface area contributed by atoms with Gasteiger partial charge in [-0.2, -0.15) is 0 Å². The number of amides is 1. The van der Waals surface area contributed by atoms with Gasteiger partial charge >= 0.3 is 6.09 Å². The van der Waals surface area contributed by atoms with Crippen LogP contribution >= 0.6 is 0 Å². The smallest absolute Gasteiger partial charge is 0.411 e. The van der Waals surface area contributed by atoms with Crippen LogP contribution < -0.4 is 10.1 Å². The molecule has 0 bridgehead atoms. The van der Waals surface area contributed by atoms with Gasteiger partial charge in [0, 0.05) is 25.2 Å². The molecule has 0 unspecified atom stereocenters. The summed E-state index contributed by atoms with van der Waals surface area (Å²) in [5.74, 6) is 0.889. The number of piperidine rings is 1. The predicted octanol–water partition coefficient (Wildman–Crippen LogP) is 8.21. The maximum absolute atomic E-state index is 12.7. The average Bonchev–Trinajstić information content (AvgIpc) is 3.02. The number of carbonyl (C=O) groups excluding carboxylic acids is 1. The maximum Gasteiger partial charge on any atom is 0.411 e. The molecule has 0 aromatic heterocycles. The number of likely N-dealkylation sites (tertiary alicyclic amines) is 1. The molecule has 208 valence electrons. The Morgan fingerprint density at radius 1 is 0.775 bits per heavy atom. The Balaban J connectivity index is 0.00000181. The Labute approximate surface area is 238 Å². The second kappa shape index (κ2) is 15.5. The molecule has 0 aliphatic carbocycles. The van der Waals surface area contributed by atoms with Crippen LogP contribution in [-0.4, -0.2) is 36.7 Å². The number of rotatable bonds is 9. The Morgan fingerprint density at radius 2 is 1.40 bits per heavy atom. The number of ether oxygens (including phenoxy) is 2. The summed E-state index contributed by atoms with van der Waals surface area (Å²) in [4.78, 5) is 15.1. The fourth-order valence-corrected chi connectivity index (χ4v) is 4.78. The van der Waals surface area contributed by atoms with Crippen LogP contribution in [0.3, 0.4) is 0 Å². The molecular weight excluding hydrogens is 496 g/mol. The van der Waals surface area contributed by atoms with Crippen molar-refractivity contribution >= 4 is 11.8 Å². The van der Waals surface area contributed by atoms with Crippen molar-refractivity contribution in [2.75, 3.05) is 25.0 Å². The van der Waals surface area contributed by atoms with Gasteiger partial charge in [0.2, 0.25) is 0 Å². The standard InChI is InChI=1S/C33H34N2O3.C2H6/c36-33(34-32-14-8-7-13-31(32)28-11-5-2-6-12-28)38-30-20-23-35(24-21-30)22-19-26-15-17-29(18-16-26)37-25-27-9-3-1-4-10-27;1-2/h1-18,30H,19-25H2,(H,34,36);1-2H3. The van der Waals surface area contributed by atoms with E-state index in [1.807, 2.05) is 98.8 Å². The van der Waals surface area contributed by atoms with Gasteiger partial charge < -0.3 is 14.4 Å². The van der Waals surface area contributed by atoms with Gasteiger partial charge in [-0.05, 0) is 54.2 Å². The number of carbonyl (C=O) groups is 1. The fraction of sp³-hybridized carbons (Fsp3) is 0.286. The number of para-hydroxylation sites is 1. The van der Waals surface area contributed by atoms with Gasteiger partial charge in [0.05, 0.1) is 5.69 Å². The quantitative estimate of drug-likeness (QED) is 0.234. The van der Waals surface area contributed by atoms with E-state index in [0.717, 1.165) is 61.5 Å². The first-order valence-electron chi connectivity index (χ1n) is 14.3. The molecule has 40 heavy (non-hydrogen) atoms. The first kappa shape index (κ1) is 28.9. The maximum atomic E-state index is 12.7. The lowest BCUT2D eigenvalue weighted by atomic mass is 10.0. The van der Waals surface area contributed by atoms with E-state index in [9.17, 15) is 4.79 Å². The van der Waals surface area contributed by atoms with Crippen LogP contribution in [0.2, 0.25) is 0 Å². The largest absolute Gasteiger partial charge is 0.489 e. The van der Waals surface area contributed by atoms with Crippen molar-refractivity contribution in [3.63, 3.8) is 0 Å². The third-order valence-corrected chi connectivity index (χ3v) is 6.95. The summed E-state index contributed by atoms with van der Waals surface area (Å²) in [6, 6.07) is 36.5. The van der Waals surface area contributed by atoms with E-state index in [2.05, 4.69) is 34.5 Å². The normalized spacial score (nSPS) is 13.6. The molecule has 1 fully saturated rings. The highest BCUT2D eigenvalue weighted by molar-refractivity contribution is 5.91. The summed E-state index contributed by atoms with van der Waals surface area (Å²) in [6.07, 6.45) is 2.24. The van der Waals surface area contributed by atoms with Crippen LogP contribution in [0.15, 0.2) is 109 Å². The Morgan fingerprint density at radius 3 is 2.10 bits per heavy atom. The minimum absolute atomic E-state index is 0.0591. The number of nitrogens with one attached hydrogen (secondary N) is 1. The first-order chi connectivity index (χ1) is 19.7. The van der Waals surface area contributed by atoms with Gasteiger partial charge in [0.15, 0.2) is 0 Å². The highest BCUT2D eigenvalue weighted by Crippen LogP contribution is 2.28. The molecule has 0 saturated carbocycles. The van der Waals surface area contributed by atoms with Crippen molar-refractivity contribution in [1.82, 2.24) is 4.90 Å². The van der Waals surface area contributed by atoms with Crippen molar-refractivity contribution in [1.29, 1.82) is 0 Å². The molecule has 1 saturated heterocycles. The zero-order valence-electron chi connectivity index (χ0n) is 23.6. The lowest BCUT2D eigenvalue weighted by molar-refractivity contribution is 0.0593. The molecule has 1 amide bonds. The highest BCUT2D eigenvalue weighted by Gasteiger charge is 2.22. The van der Waals surface area contributed by atoms with Crippen LogP contribution in [0.25, 0.3) is 11.1 Å². The molecule has 0 radical (unpaired) electrons. The fourth-order valence-electron chi connectivity index (χ4n) is 4.78. The Hall–Kier alpha value is -4.09. The second-order valence-corrected chi connectivity index (χ2v) is 9.65. The van der Waals surface area contributed by atoms with Crippen LogP contribution in [0.1, 0.15) is 37.8 Å². The van der Waals surface area contributed by atoms with E-state index in [1.165, 1.54) is 11.1 Å². The minimum Gasteiger partial charge on any atom is -0.489 e. The molecule has 1 aliphatic rings. The van der Waals surface area contributed by atoms with E-state index in [0.29, 0.717) is 6.61 Å².